The predicted octanol–water partition coefficient (Wildman–Crippen LogP) is 5.11. The topological polar surface area (TPSA) is 102 Å². The molecule has 2 aromatic rings. The quantitative estimate of drug-likeness (QED) is 0.449. The van der Waals surface area contributed by atoms with Crippen LogP contribution in [0.1, 0.15) is 70.1 Å². The number of rotatable bonds is 6. The minimum Gasteiger partial charge on any atom is -0.449 e. The van der Waals surface area contributed by atoms with Crippen LogP contribution in [0.25, 0.3) is 11.8 Å². The number of allylic oxidation sites excluding steroid dienone is 1. The van der Waals surface area contributed by atoms with E-state index in [0.717, 1.165) is 67.2 Å². The summed E-state index contributed by atoms with van der Waals surface area (Å²) < 4.78 is 21.7. The number of carbonyl (C=O) groups is 2. The van der Waals surface area contributed by atoms with Gasteiger partial charge in [-0.3, -0.25) is 9.59 Å². The number of nitrogens with zero attached hydrogens (tertiary/aromatic N) is 2. The second-order valence-corrected chi connectivity index (χ2v) is 14.7. The van der Waals surface area contributed by atoms with Crippen molar-refractivity contribution in [2.75, 3.05) is 12.4 Å². The number of aromatic nitrogens is 2. The Bertz CT molecular complexity index is 1450. The molecular weight excluding hydrogens is 555 g/mol. The summed E-state index contributed by atoms with van der Waals surface area (Å²) in [7, 11) is 0. The normalized spacial score (nSPS) is 36.7. The standard InChI is InChI=1S/C33H39FN2O5S/c1-31-16-20-18-35-36(23-8-6-22(34)7-9-23)26(20)15-21(31)5-10-24-25-11-12-33(30(40)42-14-13-37,41-29(39)19-3-4-19)32(25,2)17-27(38)28(24)31/h6-9,15,18-19,24-25,27-28,37-38H,3-5,10-14,16-17H2,1-2H3/t24-,25-,27-,28+,31-,32-,33-/m0/s1. The molecule has 1 aromatic carbocycles. The van der Waals surface area contributed by atoms with Gasteiger partial charge in [0, 0.05) is 11.2 Å². The van der Waals surface area contributed by atoms with E-state index in [2.05, 4.69) is 25.0 Å². The third-order valence-electron chi connectivity index (χ3n) is 11.5. The third kappa shape index (κ3) is 4.09. The predicted molar refractivity (Wildman–Crippen MR) is 157 cm³/mol. The van der Waals surface area contributed by atoms with Crippen LogP contribution >= 0.6 is 11.8 Å². The van der Waals surface area contributed by atoms with Crippen LogP contribution < -0.4 is 0 Å². The van der Waals surface area contributed by atoms with E-state index in [1.165, 1.54) is 17.7 Å². The molecule has 7 rings (SSSR count). The summed E-state index contributed by atoms with van der Waals surface area (Å²) in [6.07, 6.45) is 9.24. The average molecular weight is 595 g/mol. The van der Waals surface area contributed by atoms with E-state index in [1.807, 2.05) is 10.9 Å². The molecule has 5 aliphatic rings. The fraction of sp³-hybridized carbons (Fsp3) is 0.606. The first-order chi connectivity index (χ1) is 20.1. The molecule has 0 saturated heterocycles. The SMILES string of the molecule is C[C@]12Cc3cnn(-c4ccc(F)cc4)c3C=C1CC[C@@H]1[C@@H]2[C@@H](O)C[C@@]2(C)[C@H]1CC[C@]2(OC(=O)C1CC1)C(=O)SCCO. The summed E-state index contributed by atoms with van der Waals surface area (Å²) in [5.74, 6) is -0.107. The number of esters is 1. The van der Waals surface area contributed by atoms with Gasteiger partial charge in [0.05, 0.1) is 36.2 Å². The Kier molecular flexibility index (Phi) is 6.75. The van der Waals surface area contributed by atoms with Crippen LogP contribution in [0.3, 0.4) is 0 Å². The summed E-state index contributed by atoms with van der Waals surface area (Å²) in [5.41, 5.74) is 2.02. The van der Waals surface area contributed by atoms with Gasteiger partial charge < -0.3 is 14.9 Å². The molecule has 2 N–H and O–H groups in total. The van der Waals surface area contributed by atoms with Crippen LogP contribution in [-0.2, 0) is 20.7 Å². The number of halogens is 1. The van der Waals surface area contributed by atoms with Crippen molar-refractivity contribution >= 4 is 28.9 Å². The van der Waals surface area contributed by atoms with Crippen molar-refractivity contribution in [2.24, 2.45) is 34.5 Å². The van der Waals surface area contributed by atoms with Crippen LogP contribution in [0.4, 0.5) is 4.39 Å². The number of aliphatic hydroxyl groups is 2. The lowest BCUT2D eigenvalue weighted by Crippen LogP contribution is -2.62. The largest absolute Gasteiger partial charge is 0.449 e. The molecular formula is C33H39FN2O5S. The van der Waals surface area contributed by atoms with E-state index in [-0.39, 0.29) is 58.3 Å². The number of ether oxygens (including phenoxy) is 1. The molecule has 5 aliphatic carbocycles. The second-order valence-electron chi connectivity index (χ2n) is 13.7. The molecule has 7 atom stereocenters. The molecule has 42 heavy (non-hydrogen) atoms. The van der Waals surface area contributed by atoms with Crippen LogP contribution in [-0.4, -0.2) is 55.1 Å². The molecule has 1 aromatic heterocycles. The number of hydrogen-bond acceptors (Lipinski definition) is 7. The Labute approximate surface area is 249 Å². The molecule has 9 heteroatoms. The van der Waals surface area contributed by atoms with Crippen LogP contribution in [0, 0.1) is 40.3 Å². The number of aliphatic hydroxyl groups excluding tert-OH is 2. The smallest absolute Gasteiger partial charge is 0.309 e. The number of hydrogen-bond donors (Lipinski definition) is 2. The van der Waals surface area contributed by atoms with Crippen molar-refractivity contribution in [1.29, 1.82) is 0 Å². The second kappa shape index (κ2) is 10.0. The van der Waals surface area contributed by atoms with Gasteiger partial charge in [-0.2, -0.15) is 5.10 Å². The molecule has 0 amide bonds. The van der Waals surface area contributed by atoms with Gasteiger partial charge in [-0.05, 0) is 110 Å². The highest BCUT2D eigenvalue weighted by Crippen LogP contribution is 2.69. The minimum absolute atomic E-state index is 0.00743. The van der Waals surface area contributed by atoms with E-state index in [1.54, 1.807) is 12.1 Å². The van der Waals surface area contributed by atoms with E-state index >= 15 is 0 Å². The van der Waals surface area contributed by atoms with E-state index < -0.39 is 17.1 Å². The monoisotopic (exact) mass is 594 g/mol. The molecule has 224 valence electrons. The molecule has 1 heterocycles. The van der Waals surface area contributed by atoms with Crippen molar-refractivity contribution < 1.29 is 28.9 Å². The molecule has 0 bridgehead atoms. The number of benzene rings is 1. The van der Waals surface area contributed by atoms with Gasteiger partial charge in [-0.15, -0.1) is 0 Å². The maximum atomic E-state index is 13.9. The average Bonchev–Trinajstić information content (AvgIpc) is 3.68. The van der Waals surface area contributed by atoms with Gasteiger partial charge >= 0.3 is 5.97 Å². The lowest BCUT2D eigenvalue weighted by Gasteiger charge is -2.60. The highest BCUT2D eigenvalue weighted by atomic mass is 32.2. The van der Waals surface area contributed by atoms with Crippen molar-refractivity contribution in [3.63, 3.8) is 0 Å². The van der Waals surface area contributed by atoms with Crippen LogP contribution in [0.5, 0.6) is 0 Å². The summed E-state index contributed by atoms with van der Waals surface area (Å²) in [6, 6.07) is 6.36. The molecule has 0 aliphatic heterocycles. The fourth-order valence-corrected chi connectivity index (χ4v) is 10.2. The van der Waals surface area contributed by atoms with Crippen molar-refractivity contribution in [3.8, 4) is 5.69 Å². The van der Waals surface area contributed by atoms with Crippen molar-refractivity contribution in [1.82, 2.24) is 9.78 Å². The third-order valence-corrected chi connectivity index (χ3v) is 12.4. The zero-order valence-corrected chi connectivity index (χ0v) is 25.0. The molecule has 0 radical (unpaired) electrons. The maximum absolute atomic E-state index is 13.9. The Morgan fingerprint density at radius 3 is 2.64 bits per heavy atom. The molecule has 4 saturated carbocycles. The van der Waals surface area contributed by atoms with Gasteiger partial charge in [-0.25, -0.2) is 9.07 Å². The number of thioether (sulfide) groups is 1. The first-order valence-corrected chi connectivity index (χ1v) is 16.3. The Balaban J connectivity index is 1.22. The first kappa shape index (κ1) is 28.3. The molecule has 7 nitrogen and oxygen atoms in total. The Morgan fingerprint density at radius 2 is 1.93 bits per heavy atom. The molecule has 4 fully saturated rings. The first-order valence-electron chi connectivity index (χ1n) is 15.3. The van der Waals surface area contributed by atoms with Crippen LogP contribution in [0.15, 0.2) is 36.0 Å². The highest BCUT2D eigenvalue weighted by molar-refractivity contribution is 8.13. The zero-order valence-electron chi connectivity index (χ0n) is 24.2. The fourth-order valence-electron chi connectivity index (χ4n) is 9.33. The Hall–Kier alpha value is -2.49. The molecule has 0 spiro atoms. The van der Waals surface area contributed by atoms with Crippen molar-refractivity contribution in [2.45, 2.75) is 76.9 Å². The van der Waals surface area contributed by atoms with Gasteiger partial charge in [-0.1, -0.05) is 31.2 Å². The minimum atomic E-state index is -1.28. The van der Waals surface area contributed by atoms with E-state index in [4.69, 9.17) is 4.74 Å². The Morgan fingerprint density at radius 1 is 1.17 bits per heavy atom. The van der Waals surface area contributed by atoms with Crippen LogP contribution in [0.2, 0.25) is 0 Å². The highest BCUT2D eigenvalue weighted by Gasteiger charge is 2.71. The van der Waals surface area contributed by atoms with E-state index in [9.17, 15) is 24.2 Å². The number of fused-ring (bicyclic) bond motifs is 6. The molecule has 0 unspecified atom stereocenters. The summed E-state index contributed by atoms with van der Waals surface area (Å²) in [4.78, 5) is 26.9. The summed E-state index contributed by atoms with van der Waals surface area (Å²) >= 11 is 1.06. The lowest BCUT2D eigenvalue weighted by atomic mass is 9.45. The summed E-state index contributed by atoms with van der Waals surface area (Å²) in [5, 5.41) is 26.0. The van der Waals surface area contributed by atoms with Crippen molar-refractivity contribution in [3.05, 3.63) is 53.1 Å². The van der Waals surface area contributed by atoms with Gasteiger partial charge in [0.2, 0.25) is 5.12 Å². The van der Waals surface area contributed by atoms with Gasteiger partial charge in [0.1, 0.15) is 5.82 Å². The van der Waals surface area contributed by atoms with E-state index in [0.29, 0.717) is 12.8 Å². The number of carbonyl (C=O) groups excluding carboxylic acids is 2. The van der Waals surface area contributed by atoms with Gasteiger partial charge in [0.15, 0.2) is 5.60 Å². The summed E-state index contributed by atoms with van der Waals surface area (Å²) in [6.45, 7) is 4.22. The zero-order chi connectivity index (χ0) is 29.4. The maximum Gasteiger partial charge on any atom is 0.309 e. The lowest BCUT2D eigenvalue weighted by molar-refractivity contribution is -0.197. The van der Waals surface area contributed by atoms with Gasteiger partial charge in [0.25, 0.3) is 0 Å².